The summed E-state index contributed by atoms with van der Waals surface area (Å²) in [7, 11) is 0. The van der Waals surface area contributed by atoms with Crippen LogP contribution in [0.3, 0.4) is 0 Å². The van der Waals surface area contributed by atoms with Gasteiger partial charge in [-0.05, 0) is 6.08 Å². The second-order valence-corrected chi connectivity index (χ2v) is 3.16. The van der Waals surface area contributed by atoms with Crippen molar-refractivity contribution in [3.05, 3.63) is 11.6 Å². The predicted molar refractivity (Wildman–Crippen MR) is 39.5 cm³/mol. The molecule has 0 fully saturated rings. The van der Waals surface area contributed by atoms with Crippen LogP contribution in [0.1, 0.15) is 20.8 Å². The fourth-order valence-corrected chi connectivity index (χ4v) is 0.422. The molecule has 2 heteroatoms. The highest BCUT2D eigenvalue weighted by molar-refractivity contribution is 6.27. The Morgan fingerprint density at radius 1 is 1.44 bits per heavy atom. The summed E-state index contributed by atoms with van der Waals surface area (Å²) in [6, 6.07) is 0. The molecule has 0 aliphatic heterocycles. The number of allylic oxidation sites excluding steroid dienone is 1. The van der Waals surface area contributed by atoms with Crippen molar-refractivity contribution in [3.63, 3.8) is 0 Å². The molecule has 0 aliphatic rings. The Bertz CT molecular complexity index is 130. The zero-order valence-electron chi connectivity index (χ0n) is 5.94. The van der Waals surface area contributed by atoms with Gasteiger partial charge in [-0.1, -0.05) is 32.4 Å². The predicted octanol–water partition coefficient (Wildman–Crippen LogP) is 2.35. The third-order valence-corrected chi connectivity index (χ3v) is 1.08. The van der Waals surface area contributed by atoms with Gasteiger partial charge < -0.3 is 0 Å². The molecule has 9 heavy (non-hydrogen) atoms. The molecular weight excluding hydrogens is 136 g/mol. The van der Waals surface area contributed by atoms with E-state index in [-0.39, 0.29) is 11.2 Å². The van der Waals surface area contributed by atoms with E-state index >= 15 is 0 Å². The molecule has 0 rings (SSSR count). The molecule has 0 aromatic rings. The molecule has 0 radical (unpaired) electrons. The van der Waals surface area contributed by atoms with Crippen LogP contribution in [-0.4, -0.2) is 5.78 Å². The maximum absolute atomic E-state index is 10.9. The van der Waals surface area contributed by atoms with Crippen LogP contribution in [0.5, 0.6) is 0 Å². The summed E-state index contributed by atoms with van der Waals surface area (Å²) in [5.74, 6) is 0.0532. The molecule has 0 aliphatic carbocycles. The lowest BCUT2D eigenvalue weighted by Crippen LogP contribution is -2.16. The second kappa shape index (κ2) is 3.02. The zero-order valence-corrected chi connectivity index (χ0v) is 6.70. The van der Waals surface area contributed by atoms with Crippen LogP contribution in [0.15, 0.2) is 11.6 Å². The molecule has 52 valence electrons. The van der Waals surface area contributed by atoms with Gasteiger partial charge in [-0.25, -0.2) is 0 Å². The van der Waals surface area contributed by atoms with Gasteiger partial charge in [0.05, 0.1) is 0 Å². The Labute approximate surface area is 60.7 Å². The maximum atomic E-state index is 10.9. The highest BCUT2D eigenvalue weighted by atomic mass is 35.5. The Morgan fingerprint density at radius 3 is 2.00 bits per heavy atom. The number of rotatable bonds is 1. The van der Waals surface area contributed by atoms with E-state index in [9.17, 15) is 4.79 Å². The number of carbonyl (C=O) groups excluding carboxylic acids is 1. The standard InChI is InChI=1S/C7H11ClO/c1-7(2,3)6(9)4-5-8/h4-5H,1-3H3/b5-4+. The van der Waals surface area contributed by atoms with Gasteiger partial charge in [0.2, 0.25) is 0 Å². The first-order valence-electron chi connectivity index (χ1n) is 2.79. The van der Waals surface area contributed by atoms with E-state index in [4.69, 9.17) is 11.6 Å². The molecule has 0 saturated heterocycles. The van der Waals surface area contributed by atoms with Gasteiger partial charge in [-0.15, -0.1) is 0 Å². The molecule has 0 atom stereocenters. The smallest absolute Gasteiger partial charge is 0.161 e. The van der Waals surface area contributed by atoms with Crippen LogP contribution in [-0.2, 0) is 4.79 Å². The van der Waals surface area contributed by atoms with Gasteiger partial charge in [-0.3, -0.25) is 4.79 Å². The molecule has 0 amide bonds. The monoisotopic (exact) mass is 146 g/mol. The first-order chi connectivity index (χ1) is 3.98. The molecule has 0 aromatic heterocycles. The number of halogens is 1. The van der Waals surface area contributed by atoms with Crippen LogP contribution in [0.25, 0.3) is 0 Å². The van der Waals surface area contributed by atoms with E-state index < -0.39 is 0 Å². The highest BCUT2D eigenvalue weighted by Crippen LogP contribution is 2.14. The fourth-order valence-electron chi connectivity index (χ4n) is 0.307. The molecule has 0 spiro atoms. The third-order valence-electron chi connectivity index (χ3n) is 0.954. The minimum absolute atomic E-state index is 0.0532. The van der Waals surface area contributed by atoms with Crippen LogP contribution in [0.4, 0.5) is 0 Å². The summed E-state index contributed by atoms with van der Waals surface area (Å²) in [6.07, 6.45) is 1.38. The van der Waals surface area contributed by atoms with Gasteiger partial charge in [-0.2, -0.15) is 0 Å². The molecule has 0 bridgehead atoms. The largest absolute Gasteiger partial charge is 0.294 e. The van der Waals surface area contributed by atoms with Crippen molar-refractivity contribution >= 4 is 17.4 Å². The van der Waals surface area contributed by atoms with Gasteiger partial charge in [0.1, 0.15) is 0 Å². The van der Waals surface area contributed by atoms with E-state index in [1.54, 1.807) is 0 Å². The zero-order chi connectivity index (χ0) is 7.49. The Hall–Kier alpha value is -0.300. The maximum Gasteiger partial charge on any atom is 0.161 e. The highest BCUT2D eigenvalue weighted by Gasteiger charge is 2.17. The van der Waals surface area contributed by atoms with E-state index in [2.05, 4.69) is 0 Å². The third kappa shape index (κ3) is 3.31. The van der Waals surface area contributed by atoms with E-state index in [1.165, 1.54) is 11.6 Å². The van der Waals surface area contributed by atoms with Crippen molar-refractivity contribution in [2.24, 2.45) is 5.41 Å². The first-order valence-corrected chi connectivity index (χ1v) is 3.23. The molecular formula is C7H11ClO. The number of ketones is 1. The first kappa shape index (κ1) is 8.70. The topological polar surface area (TPSA) is 17.1 Å². The summed E-state index contributed by atoms with van der Waals surface area (Å²) in [6.45, 7) is 5.56. The average Bonchev–Trinajstić information content (AvgIpc) is 1.64. The average molecular weight is 147 g/mol. The Morgan fingerprint density at radius 2 is 1.89 bits per heavy atom. The molecule has 0 saturated carbocycles. The molecule has 0 heterocycles. The van der Waals surface area contributed by atoms with Crippen LogP contribution in [0, 0.1) is 5.41 Å². The second-order valence-electron chi connectivity index (χ2n) is 2.91. The lowest BCUT2D eigenvalue weighted by atomic mass is 9.91. The van der Waals surface area contributed by atoms with Crippen LogP contribution >= 0.6 is 11.6 Å². The summed E-state index contributed by atoms with van der Waals surface area (Å²) >= 11 is 5.20. The molecule has 1 nitrogen and oxygen atoms in total. The summed E-state index contributed by atoms with van der Waals surface area (Å²) in [4.78, 5) is 10.9. The van der Waals surface area contributed by atoms with Crippen LogP contribution < -0.4 is 0 Å². The molecule has 0 aromatic carbocycles. The van der Waals surface area contributed by atoms with Crippen molar-refractivity contribution < 1.29 is 4.79 Å². The lowest BCUT2D eigenvalue weighted by molar-refractivity contribution is -0.121. The van der Waals surface area contributed by atoms with Gasteiger partial charge in [0.15, 0.2) is 5.78 Å². The van der Waals surface area contributed by atoms with Crippen molar-refractivity contribution in [1.82, 2.24) is 0 Å². The minimum atomic E-state index is -0.300. The van der Waals surface area contributed by atoms with Crippen molar-refractivity contribution in [3.8, 4) is 0 Å². The molecule has 0 N–H and O–H groups in total. The Balaban J connectivity index is 4.06. The number of carbonyl (C=O) groups is 1. The van der Waals surface area contributed by atoms with Crippen LogP contribution in [0.2, 0.25) is 0 Å². The normalized spacial score (nSPS) is 12.4. The van der Waals surface area contributed by atoms with E-state index in [0.29, 0.717) is 0 Å². The fraction of sp³-hybridized carbons (Fsp3) is 0.571. The SMILES string of the molecule is CC(C)(C)C(=O)/C=C/Cl. The number of hydrogen-bond acceptors (Lipinski definition) is 1. The summed E-state index contributed by atoms with van der Waals surface area (Å²) < 4.78 is 0. The van der Waals surface area contributed by atoms with Crippen molar-refractivity contribution in [2.45, 2.75) is 20.8 Å². The van der Waals surface area contributed by atoms with Gasteiger partial charge in [0.25, 0.3) is 0 Å². The van der Waals surface area contributed by atoms with E-state index in [0.717, 1.165) is 0 Å². The number of hydrogen-bond donors (Lipinski definition) is 0. The van der Waals surface area contributed by atoms with Crippen molar-refractivity contribution in [1.29, 1.82) is 0 Å². The quantitative estimate of drug-likeness (QED) is 0.519. The van der Waals surface area contributed by atoms with Gasteiger partial charge >= 0.3 is 0 Å². The van der Waals surface area contributed by atoms with Gasteiger partial charge in [0, 0.05) is 11.0 Å². The summed E-state index contributed by atoms with van der Waals surface area (Å²) in [5.41, 5.74) is 0.943. The van der Waals surface area contributed by atoms with Crippen molar-refractivity contribution in [2.75, 3.05) is 0 Å². The summed E-state index contributed by atoms with van der Waals surface area (Å²) in [5, 5.41) is 0. The van der Waals surface area contributed by atoms with E-state index in [1.807, 2.05) is 20.8 Å². The lowest BCUT2D eigenvalue weighted by Gasteiger charge is -2.12. The molecule has 0 unspecified atom stereocenters. The minimum Gasteiger partial charge on any atom is -0.294 e. The Kier molecular flexibility index (Phi) is 2.92.